The Bertz CT molecular complexity index is 1420. The maximum absolute atomic E-state index is 13.3. The minimum Gasteiger partial charge on any atom is -0.478 e. The number of hydrogen-bond acceptors (Lipinski definition) is 6. The lowest BCUT2D eigenvalue weighted by Crippen LogP contribution is -2.39. The zero-order valence-electron chi connectivity index (χ0n) is 19.0. The average Bonchev–Trinajstić information content (AvgIpc) is 3.52. The number of pyridine rings is 1. The minimum atomic E-state index is -1.04. The number of aromatic nitrogens is 5. The molecule has 0 spiro atoms. The number of nitrogens with one attached hydrogen (secondary N) is 1. The number of nitrogens with zero attached hydrogens (tertiary/aromatic N) is 5. The topological polar surface area (TPSA) is 134 Å². The highest BCUT2D eigenvalue weighted by Crippen LogP contribution is 2.39. The summed E-state index contributed by atoms with van der Waals surface area (Å²) in [4.78, 5) is 24.4. The van der Waals surface area contributed by atoms with Crippen molar-refractivity contribution in [2.75, 3.05) is 5.32 Å². The van der Waals surface area contributed by atoms with E-state index < -0.39 is 11.9 Å². The van der Waals surface area contributed by atoms with Crippen molar-refractivity contribution in [2.24, 2.45) is 5.92 Å². The SMILES string of the molecule is O=C(O)c1ccc(NC(=O)C(CC2CC2)c2ccc(-c3cc(Cl)ccc3-n3cnnn3)c[n+]2O)cc1. The lowest BCUT2D eigenvalue weighted by Gasteiger charge is -2.15. The van der Waals surface area contributed by atoms with E-state index in [0.29, 0.717) is 45.6 Å². The van der Waals surface area contributed by atoms with Crippen LogP contribution in [0.1, 0.15) is 41.2 Å². The molecular formula is C25H22ClN6O4+. The highest BCUT2D eigenvalue weighted by Gasteiger charge is 2.36. The molecule has 182 valence electrons. The Balaban J connectivity index is 1.45. The number of rotatable bonds is 8. The van der Waals surface area contributed by atoms with Gasteiger partial charge < -0.3 is 10.4 Å². The number of aromatic carboxylic acids is 1. The van der Waals surface area contributed by atoms with Gasteiger partial charge in [-0.25, -0.2) is 4.79 Å². The van der Waals surface area contributed by atoms with E-state index in [9.17, 15) is 14.8 Å². The van der Waals surface area contributed by atoms with Crippen molar-refractivity contribution in [3.05, 3.63) is 83.4 Å². The van der Waals surface area contributed by atoms with Gasteiger partial charge in [-0.15, -0.1) is 5.10 Å². The van der Waals surface area contributed by atoms with E-state index >= 15 is 0 Å². The van der Waals surface area contributed by atoms with Gasteiger partial charge in [0.1, 0.15) is 12.2 Å². The van der Waals surface area contributed by atoms with E-state index in [1.807, 2.05) is 6.07 Å². The predicted molar refractivity (Wildman–Crippen MR) is 129 cm³/mol. The summed E-state index contributed by atoms with van der Waals surface area (Å²) in [5, 5.41) is 34.7. The van der Waals surface area contributed by atoms with Gasteiger partial charge in [0, 0.05) is 27.1 Å². The molecule has 3 N–H and O–H groups in total. The van der Waals surface area contributed by atoms with Crippen LogP contribution in [0.15, 0.2) is 67.1 Å². The van der Waals surface area contributed by atoms with Crippen molar-refractivity contribution in [2.45, 2.75) is 25.2 Å². The third-order valence-corrected chi connectivity index (χ3v) is 6.40. The summed E-state index contributed by atoms with van der Waals surface area (Å²) < 4.78 is 2.47. The van der Waals surface area contributed by atoms with Gasteiger partial charge >= 0.3 is 5.97 Å². The number of carbonyl (C=O) groups is 2. The van der Waals surface area contributed by atoms with Gasteiger partial charge in [-0.05, 0) is 71.3 Å². The van der Waals surface area contributed by atoms with Crippen molar-refractivity contribution in [3.8, 4) is 16.8 Å². The maximum atomic E-state index is 13.3. The molecule has 1 atom stereocenters. The molecule has 2 aromatic heterocycles. The quantitative estimate of drug-likeness (QED) is 0.245. The van der Waals surface area contributed by atoms with Gasteiger partial charge in [0.2, 0.25) is 17.8 Å². The Labute approximate surface area is 210 Å². The van der Waals surface area contributed by atoms with E-state index in [2.05, 4.69) is 20.8 Å². The Hall–Kier alpha value is -4.31. The summed E-state index contributed by atoms with van der Waals surface area (Å²) in [6.07, 6.45) is 5.67. The second-order valence-electron chi connectivity index (χ2n) is 8.71. The fraction of sp³-hybridized carbons (Fsp3) is 0.200. The summed E-state index contributed by atoms with van der Waals surface area (Å²) in [7, 11) is 0. The standard InChI is InChI=1S/C25H21ClN6O4/c26-18-6-10-22(31-14-27-29-30-31)20(12-18)17-5-9-23(32(36)13-17)21(11-15-1-2-15)24(33)28-19-7-3-16(4-8-19)25(34)35/h3-10,12-15,21H,1-2,11H2,(H2-,28,33,34,35,36)/p+1. The van der Waals surface area contributed by atoms with E-state index in [1.54, 1.807) is 36.4 Å². The molecule has 1 unspecified atom stereocenters. The van der Waals surface area contributed by atoms with Gasteiger partial charge in [-0.1, -0.05) is 24.4 Å². The van der Waals surface area contributed by atoms with Gasteiger partial charge in [0.15, 0.2) is 0 Å². The number of amides is 1. The molecule has 1 amide bonds. The smallest absolute Gasteiger partial charge is 0.335 e. The molecular weight excluding hydrogens is 484 g/mol. The molecule has 2 aromatic carbocycles. The minimum absolute atomic E-state index is 0.133. The molecule has 1 saturated carbocycles. The van der Waals surface area contributed by atoms with Crippen LogP contribution < -0.4 is 10.0 Å². The van der Waals surface area contributed by atoms with E-state index in [4.69, 9.17) is 16.7 Å². The number of tetrazole rings is 1. The van der Waals surface area contributed by atoms with Gasteiger partial charge in [0.05, 0.1) is 16.8 Å². The van der Waals surface area contributed by atoms with Crippen molar-refractivity contribution in [1.29, 1.82) is 0 Å². The van der Waals surface area contributed by atoms with Crippen molar-refractivity contribution in [1.82, 2.24) is 20.2 Å². The molecule has 2 heterocycles. The molecule has 36 heavy (non-hydrogen) atoms. The monoisotopic (exact) mass is 505 g/mol. The Morgan fingerprint density at radius 3 is 2.56 bits per heavy atom. The molecule has 4 aromatic rings. The molecule has 11 heteroatoms. The average molecular weight is 506 g/mol. The van der Waals surface area contributed by atoms with E-state index in [0.717, 1.165) is 17.6 Å². The fourth-order valence-electron chi connectivity index (χ4n) is 4.12. The summed E-state index contributed by atoms with van der Waals surface area (Å²) in [6, 6.07) is 14.8. The fourth-order valence-corrected chi connectivity index (χ4v) is 4.29. The van der Waals surface area contributed by atoms with E-state index in [-0.39, 0.29) is 11.5 Å². The molecule has 5 rings (SSSR count). The van der Waals surface area contributed by atoms with Gasteiger partial charge in [0.25, 0.3) is 0 Å². The summed E-state index contributed by atoms with van der Waals surface area (Å²) in [5.74, 6) is -1.51. The normalized spacial score (nSPS) is 13.8. The van der Waals surface area contributed by atoms with Gasteiger partial charge in [-0.3, -0.25) is 10.0 Å². The van der Waals surface area contributed by atoms with Crippen LogP contribution in [-0.4, -0.2) is 42.4 Å². The van der Waals surface area contributed by atoms with Crippen LogP contribution in [0.25, 0.3) is 16.8 Å². The maximum Gasteiger partial charge on any atom is 0.335 e. The lowest BCUT2D eigenvalue weighted by atomic mass is 9.95. The van der Waals surface area contributed by atoms with Crippen molar-refractivity contribution < 1.29 is 24.6 Å². The number of carboxylic acids is 1. The molecule has 1 fully saturated rings. The third-order valence-electron chi connectivity index (χ3n) is 6.16. The first-order valence-corrected chi connectivity index (χ1v) is 11.7. The number of halogens is 1. The molecule has 0 bridgehead atoms. The first kappa shape index (κ1) is 23.4. The molecule has 0 radical (unpaired) electrons. The molecule has 0 aliphatic heterocycles. The highest BCUT2D eigenvalue weighted by molar-refractivity contribution is 6.31. The Morgan fingerprint density at radius 2 is 1.92 bits per heavy atom. The van der Waals surface area contributed by atoms with Gasteiger partial charge in [-0.2, -0.15) is 4.68 Å². The zero-order chi connectivity index (χ0) is 25.2. The molecule has 1 aliphatic carbocycles. The van der Waals surface area contributed by atoms with Crippen LogP contribution in [0.2, 0.25) is 5.02 Å². The van der Waals surface area contributed by atoms with Crippen molar-refractivity contribution >= 4 is 29.2 Å². The third kappa shape index (κ3) is 5.03. The number of hydrogen-bond donors (Lipinski definition) is 3. The van der Waals surface area contributed by atoms with Crippen LogP contribution in [0.3, 0.4) is 0 Å². The number of benzene rings is 2. The predicted octanol–water partition coefficient (Wildman–Crippen LogP) is 3.73. The first-order valence-electron chi connectivity index (χ1n) is 11.3. The number of carboxylic acid groups (broad SMARTS) is 1. The van der Waals surface area contributed by atoms with Crippen molar-refractivity contribution in [3.63, 3.8) is 0 Å². The summed E-state index contributed by atoms with van der Waals surface area (Å²) in [5.41, 5.74) is 3.09. The van der Waals surface area contributed by atoms with Crippen LogP contribution >= 0.6 is 11.6 Å². The molecule has 10 nitrogen and oxygen atoms in total. The highest BCUT2D eigenvalue weighted by atomic mass is 35.5. The van der Waals surface area contributed by atoms with Crippen LogP contribution in [0.4, 0.5) is 5.69 Å². The lowest BCUT2D eigenvalue weighted by molar-refractivity contribution is -0.909. The number of anilines is 1. The molecule has 1 aliphatic rings. The first-order chi connectivity index (χ1) is 17.4. The Kier molecular flexibility index (Phi) is 6.34. The van der Waals surface area contributed by atoms with Crippen LogP contribution in [-0.2, 0) is 4.79 Å². The van der Waals surface area contributed by atoms with Crippen LogP contribution in [0, 0.1) is 5.92 Å². The molecule has 0 saturated heterocycles. The number of carbonyl (C=O) groups excluding carboxylic acids is 1. The van der Waals surface area contributed by atoms with E-state index in [1.165, 1.54) is 29.3 Å². The second-order valence-corrected chi connectivity index (χ2v) is 9.14. The largest absolute Gasteiger partial charge is 0.478 e. The summed E-state index contributed by atoms with van der Waals surface area (Å²) >= 11 is 6.24. The zero-order valence-corrected chi connectivity index (χ0v) is 19.7. The summed E-state index contributed by atoms with van der Waals surface area (Å²) in [6.45, 7) is 0. The second kappa shape index (κ2) is 9.74. The van der Waals surface area contributed by atoms with Crippen LogP contribution in [0.5, 0.6) is 0 Å². The Morgan fingerprint density at radius 1 is 1.14 bits per heavy atom.